The average molecular weight is 353 g/mol. The van der Waals surface area contributed by atoms with Crippen LogP contribution in [0.3, 0.4) is 0 Å². The predicted molar refractivity (Wildman–Crippen MR) is 111 cm³/mol. The lowest BCUT2D eigenvalue weighted by Crippen LogP contribution is -2.33. The largest absolute Gasteiger partial charge is 0.299 e. The minimum absolute atomic E-state index is 0.00932. The molecule has 1 saturated carbocycles. The van der Waals surface area contributed by atoms with Crippen molar-refractivity contribution in [2.45, 2.75) is 63.9 Å². The average Bonchev–Trinajstić information content (AvgIpc) is 3.20. The zero-order valence-corrected chi connectivity index (χ0v) is 17.4. The Morgan fingerprint density at radius 3 is 2.42 bits per heavy atom. The first-order chi connectivity index (χ1) is 11.3. The molecule has 0 aromatic heterocycles. The van der Waals surface area contributed by atoms with Crippen LogP contribution in [0.4, 0.5) is 0 Å². The molecule has 0 N–H and O–H groups in total. The van der Waals surface area contributed by atoms with Crippen molar-refractivity contribution in [2.24, 2.45) is 15.5 Å². The first-order valence-electron chi connectivity index (χ1n) is 8.88. The maximum atomic E-state index is 4.99. The number of nitrogens with zero attached hydrogens (tertiary/aromatic N) is 4. The van der Waals surface area contributed by atoms with Crippen molar-refractivity contribution < 1.29 is 0 Å². The van der Waals surface area contributed by atoms with Gasteiger partial charge in [-0.05, 0) is 40.5 Å². The lowest BCUT2D eigenvalue weighted by molar-refractivity contribution is 0.249. The van der Waals surface area contributed by atoms with Crippen molar-refractivity contribution in [2.75, 3.05) is 26.9 Å². The van der Waals surface area contributed by atoms with Crippen molar-refractivity contribution in [3.8, 4) is 0 Å². The summed E-state index contributed by atoms with van der Waals surface area (Å²) < 4.78 is 0. The Morgan fingerprint density at radius 2 is 2.00 bits per heavy atom. The van der Waals surface area contributed by atoms with Crippen molar-refractivity contribution in [1.82, 2.24) is 9.91 Å². The zero-order valence-electron chi connectivity index (χ0n) is 16.6. The summed E-state index contributed by atoms with van der Waals surface area (Å²) in [4.78, 5) is 7.46. The fraction of sp³-hybridized carbons (Fsp3) is 0.789. The molecule has 1 rings (SSSR count). The van der Waals surface area contributed by atoms with E-state index in [1.165, 1.54) is 5.57 Å². The van der Waals surface area contributed by atoms with E-state index >= 15 is 0 Å². The molecule has 0 spiro atoms. The van der Waals surface area contributed by atoms with Gasteiger partial charge in [-0.1, -0.05) is 25.5 Å². The zero-order chi connectivity index (χ0) is 18.5. The van der Waals surface area contributed by atoms with E-state index in [0.29, 0.717) is 17.3 Å². The van der Waals surface area contributed by atoms with Crippen LogP contribution in [0.25, 0.3) is 0 Å². The highest BCUT2D eigenvalue weighted by Gasteiger charge is 2.66. The number of hydrogen-bond acceptors (Lipinski definition) is 5. The molecule has 0 amide bonds. The maximum absolute atomic E-state index is 4.99. The Kier molecular flexibility index (Phi) is 8.00. The molecule has 24 heavy (non-hydrogen) atoms. The number of aliphatic imine (C=N–C) groups is 1. The third-order valence-corrected chi connectivity index (χ3v) is 6.38. The molecule has 1 aliphatic rings. The van der Waals surface area contributed by atoms with Gasteiger partial charge in [0.1, 0.15) is 0 Å². The minimum Gasteiger partial charge on any atom is -0.299 e. The van der Waals surface area contributed by atoms with Crippen LogP contribution in [-0.2, 0) is 0 Å². The molecule has 4 atom stereocenters. The molecule has 0 radical (unpaired) electrons. The molecule has 0 aromatic carbocycles. The van der Waals surface area contributed by atoms with E-state index < -0.39 is 0 Å². The van der Waals surface area contributed by atoms with Gasteiger partial charge in [-0.25, -0.2) is 0 Å². The summed E-state index contributed by atoms with van der Waals surface area (Å²) in [5.41, 5.74) is 1.21. The second-order valence-electron chi connectivity index (χ2n) is 7.28. The summed E-state index contributed by atoms with van der Waals surface area (Å²) in [6.45, 7) is 17.6. The van der Waals surface area contributed by atoms with Gasteiger partial charge < -0.3 is 0 Å². The third kappa shape index (κ3) is 4.42. The molecule has 1 aliphatic carbocycles. The first-order valence-corrected chi connectivity index (χ1v) is 10.2. The molecule has 5 heteroatoms. The normalized spacial score (nSPS) is 27.7. The summed E-state index contributed by atoms with van der Waals surface area (Å²) in [7, 11) is 4.17. The van der Waals surface area contributed by atoms with E-state index in [9.17, 15) is 0 Å². The van der Waals surface area contributed by atoms with E-state index in [2.05, 4.69) is 70.5 Å². The van der Waals surface area contributed by atoms with E-state index in [-0.39, 0.29) is 11.5 Å². The van der Waals surface area contributed by atoms with Crippen LogP contribution >= 0.6 is 11.8 Å². The summed E-state index contributed by atoms with van der Waals surface area (Å²) in [6.07, 6.45) is 6.59. The Hall–Kier alpha value is -0.810. The molecule has 2 unspecified atom stereocenters. The molecule has 0 aromatic rings. The highest BCUT2D eigenvalue weighted by molar-refractivity contribution is 7.99. The summed E-state index contributed by atoms with van der Waals surface area (Å²) in [5.74, 6) is 0. The van der Waals surface area contributed by atoms with Gasteiger partial charge in [0.05, 0.1) is 18.0 Å². The predicted octanol–water partition coefficient (Wildman–Crippen LogP) is 3.79. The molecule has 0 saturated heterocycles. The molecule has 0 bridgehead atoms. The summed E-state index contributed by atoms with van der Waals surface area (Å²) in [5, 5.41) is 6.39. The van der Waals surface area contributed by atoms with Gasteiger partial charge >= 0.3 is 0 Å². The van der Waals surface area contributed by atoms with Gasteiger partial charge in [0, 0.05) is 37.3 Å². The van der Waals surface area contributed by atoms with Gasteiger partial charge in [0.15, 0.2) is 0 Å². The smallest absolute Gasteiger partial charge is 0.0687 e. The first kappa shape index (κ1) is 21.2. The quantitative estimate of drug-likeness (QED) is 0.322. The van der Waals surface area contributed by atoms with Crippen LogP contribution in [0.2, 0.25) is 0 Å². The standard InChI is InChI=1S/C19H36N4S/c1-10-11-16(12-22(7)20-6)21-13-19(14(2)3)17(18(19)24-9)23(8)15(4)5/h13,15-18H,2,6,10-12H2,1,3-5,7-9H3/b21-13-/t16-,17+,18?,19?/m0/s1. The number of hydrogen-bond donors (Lipinski definition) is 0. The van der Waals surface area contributed by atoms with Crippen molar-refractivity contribution in [1.29, 1.82) is 0 Å². The second kappa shape index (κ2) is 9.04. The van der Waals surface area contributed by atoms with Crippen LogP contribution < -0.4 is 0 Å². The number of thioether (sulfide) groups is 1. The lowest BCUT2D eigenvalue weighted by Gasteiger charge is -2.25. The van der Waals surface area contributed by atoms with Gasteiger partial charge in [-0.3, -0.25) is 14.9 Å². The topological polar surface area (TPSA) is 31.2 Å². The third-order valence-electron chi connectivity index (χ3n) is 5.22. The van der Waals surface area contributed by atoms with Gasteiger partial charge in [-0.15, -0.1) is 0 Å². The Bertz CT molecular complexity index is 462. The molecule has 0 heterocycles. The molecule has 1 fully saturated rings. The molecular formula is C19H36N4S. The van der Waals surface area contributed by atoms with E-state index in [1.54, 1.807) is 0 Å². The summed E-state index contributed by atoms with van der Waals surface area (Å²) >= 11 is 1.93. The fourth-order valence-electron chi connectivity index (χ4n) is 3.44. The van der Waals surface area contributed by atoms with Crippen LogP contribution in [0.15, 0.2) is 22.2 Å². The van der Waals surface area contributed by atoms with Crippen molar-refractivity contribution in [3.05, 3.63) is 12.2 Å². The number of likely N-dealkylation sites (N-methyl/N-ethyl adjacent to an activating group) is 1. The number of hydrazone groups is 1. The molecular weight excluding hydrogens is 316 g/mol. The van der Waals surface area contributed by atoms with Crippen molar-refractivity contribution in [3.63, 3.8) is 0 Å². The monoisotopic (exact) mass is 352 g/mol. The highest BCUT2D eigenvalue weighted by Crippen LogP contribution is 2.59. The van der Waals surface area contributed by atoms with Crippen LogP contribution in [0.1, 0.15) is 40.5 Å². The maximum Gasteiger partial charge on any atom is 0.0687 e. The SMILES string of the molecule is C=NN(C)C[C@H](CCC)/N=C\C1(C(=C)C)C(SC)[C@H]1N(C)C(C)C. The van der Waals surface area contributed by atoms with E-state index in [0.717, 1.165) is 19.4 Å². The Labute approximate surface area is 153 Å². The van der Waals surface area contributed by atoms with Gasteiger partial charge in [0.25, 0.3) is 0 Å². The van der Waals surface area contributed by atoms with E-state index in [1.807, 2.05) is 23.8 Å². The van der Waals surface area contributed by atoms with Crippen LogP contribution in [-0.4, -0.2) is 73.1 Å². The molecule has 138 valence electrons. The molecule has 0 aliphatic heterocycles. The lowest BCUT2D eigenvalue weighted by atomic mass is 9.98. The summed E-state index contributed by atoms with van der Waals surface area (Å²) in [6, 6.07) is 1.25. The fourth-order valence-corrected chi connectivity index (χ4v) is 4.83. The molecule has 4 nitrogen and oxygen atoms in total. The minimum atomic E-state index is -0.00932. The highest BCUT2D eigenvalue weighted by atomic mass is 32.2. The Balaban J connectivity index is 3.02. The van der Waals surface area contributed by atoms with Crippen molar-refractivity contribution >= 4 is 24.7 Å². The van der Waals surface area contributed by atoms with Crippen LogP contribution in [0.5, 0.6) is 0 Å². The van der Waals surface area contributed by atoms with Gasteiger partial charge in [0.2, 0.25) is 0 Å². The second-order valence-corrected chi connectivity index (χ2v) is 8.26. The van der Waals surface area contributed by atoms with Crippen LogP contribution in [0, 0.1) is 5.41 Å². The number of rotatable bonds is 11. The van der Waals surface area contributed by atoms with E-state index in [4.69, 9.17) is 4.99 Å². The van der Waals surface area contributed by atoms with Gasteiger partial charge in [-0.2, -0.15) is 16.9 Å². The Morgan fingerprint density at radius 1 is 1.38 bits per heavy atom.